The highest BCUT2D eigenvalue weighted by atomic mass is 16.6. The minimum Gasteiger partial charge on any atom is -0.462 e. The maximum atomic E-state index is 12.7. The van der Waals surface area contributed by atoms with Crippen LogP contribution in [0.1, 0.15) is 265 Å². The van der Waals surface area contributed by atoms with E-state index in [1.165, 1.54) is 128 Å². The van der Waals surface area contributed by atoms with Gasteiger partial charge in [0.25, 0.3) is 0 Å². The summed E-state index contributed by atoms with van der Waals surface area (Å²) in [6, 6.07) is 0. The van der Waals surface area contributed by atoms with Crippen LogP contribution in [-0.4, -0.2) is 37.2 Å². The zero-order valence-corrected chi connectivity index (χ0v) is 42.7. The number of carbonyl (C=O) groups is 3. The number of hydrogen-bond donors (Lipinski definition) is 0. The first-order valence-electron chi connectivity index (χ1n) is 27.4. The van der Waals surface area contributed by atoms with Gasteiger partial charge in [0.1, 0.15) is 13.2 Å². The maximum Gasteiger partial charge on any atom is 0.306 e. The Morgan fingerprint density at radius 3 is 0.938 bits per heavy atom. The van der Waals surface area contributed by atoms with Crippen molar-refractivity contribution in [2.45, 2.75) is 271 Å². The van der Waals surface area contributed by atoms with Gasteiger partial charge in [-0.2, -0.15) is 0 Å². The topological polar surface area (TPSA) is 78.9 Å². The zero-order valence-electron chi connectivity index (χ0n) is 42.7. The van der Waals surface area contributed by atoms with Gasteiger partial charge in [-0.25, -0.2) is 0 Å². The molecule has 6 nitrogen and oxygen atoms in total. The predicted octanol–water partition coefficient (Wildman–Crippen LogP) is 18.2. The fraction of sp³-hybridized carbons (Fsp3) is 0.746. The summed E-state index contributed by atoms with van der Waals surface area (Å²) in [4.78, 5) is 37.7. The second-order valence-electron chi connectivity index (χ2n) is 18.1. The van der Waals surface area contributed by atoms with E-state index in [9.17, 15) is 14.4 Å². The fourth-order valence-electron chi connectivity index (χ4n) is 7.62. The lowest BCUT2D eigenvalue weighted by Gasteiger charge is -2.18. The van der Waals surface area contributed by atoms with Crippen molar-refractivity contribution in [2.75, 3.05) is 13.2 Å². The Bertz CT molecular complexity index is 1230. The summed E-state index contributed by atoms with van der Waals surface area (Å²) in [6.07, 6.45) is 67.9. The van der Waals surface area contributed by atoms with Crippen molar-refractivity contribution in [1.29, 1.82) is 0 Å². The molecule has 0 aromatic heterocycles. The van der Waals surface area contributed by atoms with Crippen molar-refractivity contribution in [3.63, 3.8) is 0 Å². The first kappa shape index (κ1) is 61.9. The second kappa shape index (κ2) is 53.5. The molecule has 6 heteroatoms. The normalized spacial score (nSPS) is 12.6. The van der Waals surface area contributed by atoms with Gasteiger partial charge in [-0.1, -0.05) is 248 Å². The van der Waals surface area contributed by atoms with Crippen LogP contribution in [0.3, 0.4) is 0 Å². The van der Waals surface area contributed by atoms with Gasteiger partial charge in [0.2, 0.25) is 0 Å². The van der Waals surface area contributed by atoms with Gasteiger partial charge in [-0.15, -0.1) is 0 Å². The third kappa shape index (κ3) is 51.7. The van der Waals surface area contributed by atoms with Crippen molar-refractivity contribution in [2.24, 2.45) is 0 Å². The van der Waals surface area contributed by atoms with Crippen LogP contribution < -0.4 is 0 Å². The molecule has 0 N–H and O–H groups in total. The molecular formula is C59H102O6. The highest BCUT2D eigenvalue weighted by Gasteiger charge is 2.19. The van der Waals surface area contributed by atoms with Gasteiger partial charge in [0.15, 0.2) is 6.10 Å². The molecule has 0 spiro atoms. The largest absolute Gasteiger partial charge is 0.462 e. The average Bonchev–Trinajstić information content (AvgIpc) is 3.30. The first-order chi connectivity index (χ1) is 32.0. The van der Waals surface area contributed by atoms with E-state index in [0.717, 1.165) is 96.3 Å². The third-order valence-corrected chi connectivity index (χ3v) is 11.7. The van der Waals surface area contributed by atoms with Gasteiger partial charge in [0, 0.05) is 19.3 Å². The molecule has 0 aliphatic rings. The third-order valence-electron chi connectivity index (χ3n) is 11.7. The van der Waals surface area contributed by atoms with Crippen LogP contribution in [0.5, 0.6) is 0 Å². The second-order valence-corrected chi connectivity index (χ2v) is 18.1. The van der Waals surface area contributed by atoms with Gasteiger partial charge >= 0.3 is 17.9 Å². The number of rotatable bonds is 49. The SMILES string of the molecule is CC/C=C\C/C=C\C/C=C\C/C=C\C/C=C\C/C=C\CCCCCCCCCCCCCCC(=O)OCC(COC(=O)CCCCCCCC)OC(=O)CCCCCCCCCCCC. The summed E-state index contributed by atoms with van der Waals surface area (Å²) >= 11 is 0. The van der Waals surface area contributed by atoms with Gasteiger partial charge in [-0.05, 0) is 70.6 Å². The molecule has 1 unspecified atom stereocenters. The van der Waals surface area contributed by atoms with Gasteiger partial charge < -0.3 is 14.2 Å². The summed E-state index contributed by atoms with van der Waals surface area (Å²) < 4.78 is 16.7. The van der Waals surface area contributed by atoms with Crippen molar-refractivity contribution in [3.8, 4) is 0 Å². The van der Waals surface area contributed by atoms with E-state index < -0.39 is 6.10 Å². The number of carbonyl (C=O) groups excluding carboxylic acids is 3. The average molecular weight is 907 g/mol. The van der Waals surface area contributed by atoms with Crippen LogP contribution in [0.25, 0.3) is 0 Å². The number of hydrogen-bond acceptors (Lipinski definition) is 6. The Morgan fingerprint density at radius 2 is 0.600 bits per heavy atom. The van der Waals surface area contributed by atoms with Gasteiger partial charge in [0.05, 0.1) is 0 Å². The van der Waals surface area contributed by atoms with E-state index in [4.69, 9.17) is 14.2 Å². The molecule has 1 atom stereocenters. The molecule has 0 aromatic carbocycles. The van der Waals surface area contributed by atoms with Crippen LogP contribution >= 0.6 is 0 Å². The molecule has 0 saturated heterocycles. The van der Waals surface area contributed by atoms with Crippen molar-refractivity contribution in [3.05, 3.63) is 72.9 Å². The monoisotopic (exact) mass is 907 g/mol. The van der Waals surface area contributed by atoms with E-state index in [-0.39, 0.29) is 31.1 Å². The van der Waals surface area contributed by atoms with Crippen LogP contribution in [0.15, 0.2) is 72.9 Å². The van der Waals surface area contributed by atoms with Crippen LogP contribution in [0.2, 0.25) is 0 Å². The highest BCUT2D eigenvalue weighted by molar-refractivity contribution is 5.71. The Morgan fingerprint density at radius 1 is 0.323 bits per heavy atom. The molecule has 0 amide bonds. The molecule has 0 fully saturated rings. The van der Waals surface area contributed by atoms with Crippen molar-refractivity contribution >= 4 is 17.9 Å². The van der Waals surface area contributed by atoms with Crippen molar-refractivity contribution < 1.29 is 28.6 Å². The molecule has 0 heterocycles. The highest BCUT2D eigenvalue weighted by Crippen LogP contribution is 2.15. The standard InChI is InChI=1S/C59H102O6/c1-4-7-10-13-16-18-20-21-22-23-24-25-26-27-28-29-30-31-32-33-34-35-36-37-38-39-40-42-43-46-49-52-58(61)64-55-56(54-63-57(60)51-48-45-15-12-9-6-3)65-59(62)53-50-47-44-41-19-17-14-11-8-5-2/h7,10,16,18,21-22,24-25,27-28,30-31,56H,4-6,8-9,11-15,17,19-20,23,26,29,32-55H2,1-3H3/b10-7-,18-16-,22-21-,25-24-,28-27-,31-30-. The predicted molar refractivity (Wildman–Crippen MR) is 279 cm³/mol. The summed E-state index contributed by atoms with van der Waals surface area (Å²) in [6.45, 7) is 6.45. The lowest BCUT2D eigenvalue weighted by atomic mass is 10.0. The van der Waals surface area contributed by atoms with Crippen LogP contribution in [0.4, 0.5) is 0 Å². The number of unbranched alkanes of at least 4 members (excludes halogenated alkanes) is 26. The molecule has 0 rings (SSSR count). The number of ether oxygens (including phenoxy) is 3. The molecule has 0 aliphatic heterocycles. The molecular weight excluding hydrogens is 805 g/mol. The molecule has 0 bridgehead atoms. The Kier molecular flexibility index (Phi) is 50.9. The van der Waals surface area contributed by atoms with Crippen LogP contribution in [0, 0.1) is 0 Å². The zero-order chi connectivity index (χ0) is 47.2. The number of allylic oxidation sites excluding steroid dienone is 12. The van der Waals surface area contributed by atoms with E-state index in [2.05, 4.69) is 93.7 Å². The quantitative estimate of drug-likeness (QED) is 0.0262. The van der Waals surface area contributed by atoms with Gasteiger partial charge in [-0.3, -0.25) is 14.4 Å². The van der Waals surface area contributed by atoms with Crippen molar-refractivity contribution in [1.82, 2.24) is 0 Å². The Labute approximate surface area is 402 Å². The summed E-state index contributed by atoms with van der Waals surface area (Å²) in [5, 5.41) is 0. The van der Waals surface area contributed by atoms with E-state index >= 15 is 0 Å². The summed E-state index contributed by atoms with van der Waals surface area (Å²) in [5.41, 5.74) is 0. The van der Waals surface area contributed by atoms with Crippen LogP contribution in [-0.2, 0) is 28.6 Å². The maximum absolute atomic E-state index is 12.7. The minimum absolute atomic E-state index is 0.0726. The number of esters is 3. The lowest BCUT2D eigenvalue weighted by molar-refractivity contribution is -0.167. The Hall–Kier alpha value is -3.15. The van der Waals surface area contributed by atoms with E-state index in [1.807, 2.05) is 0 Å². The fourth-order valence-corrected chi connectivity index (χ4v) is 7.62. The summed E-state index contributed by atoms with van der Waals surface area (Å²) in [7, 11) is 0. The van der Waals surface area contributed by atoms with E-state index in [1.54, 1.807) is 0 Å². The van der Waals surface area contributed by atoms with E-state index in [0.29, 0.717) is 19.3 Å². The molecule has 374 valence electrons. The Balaban J connectivity index is 3.99. The molecule has 0 aromatic rings. The molecule has 65 heavy (non-hydrogen) atoms. The lowest BCUT2D eigenvalue weighted by Crippen LogP contribution is -2.30. The molecule has 0 radical (unpaired) electrons. The molecule has 0 saturated carbocycles. The summed E-state index contributed by atoms with van der Waals surface area (Å²) in [5.74, 6) is -0.882. The first-order valence-corrected chi connectivity index (χ1v) is 27.4. The molecule has 0 aliphatic carbocycles. The smallest absolute Gasteiger partial charge is 0.306 e. The minimum atomic E-state index is -0.767.